The third kappa shape index (κ3) is 5.59. The molecule has 0 radical (unpaired) electrons. The number of amides is 2. The van der Waals surface area contributed by atoms with Crippen LogP contribution in [-0.2, 0) is 14.4 Å². The highest BCUT2D eigenvalue weighted by molar-refractivity contribution is 5.97. The van der Waals surface area contributed by atoms with Crippen LogP contribution in [0.2, 0.25) is 0 Å². The molecule has 0 spiro atoms. The lowest BCUT2D eigenvalue weighted by atomic mass is 10.1. The van der Waals surface area contributed by atoms with Gasteiger partial charge in [0.2, 0.25) is 12.4 Å². The van der Waals surface area contributed by atoms with Crippen LogP contribution in [0.4, 0.5) is 23.1 Å². The maximum atomic E-state index is 12.3. The quantitative estimate of drug-likeness (QED) is 0.213. The second-order valence-corrected chi connectivity index (χ2v) is 7.45. The summed E-state index contributed by atoms with van der Waals surface area (Å²) in [7, 11) is 0. The fourth-order valence-corrected chi connectivity index (χ4v) is 3.39. The number of rotatable bonds is 10. The van der Waals surface area contributed by atoms with E-state index in [0.29, 0.717) is 18.6 Å². The number of carbonyl (C=O) groups is 4. The monoisotopic (exact) mass is 473 g/mol. The van der Waals surface area contributed by atoms with E-state index in [4.69, 9.17) is 10.8 Å². The van der Waals surface area contributed by atoms with Crippen LogP contribution >= 0.6 is 0 Å². The smallest absolute Gasteiger partial charge is 0.326 e. The largest absolute Gasteiger partial charge is 0.481 e. The van der Waals surface area contributed by atoms with E-state index in [9.17, 15) is 29.1 Å². The molecule has 2 heterocycles. The summed E-state index contributed by atoms with van der Waals surface area (Å²) < 4.78 is 0. The van der Waals surface area contributed by atoms with Gasteiger partial charge in [-0.1, -0.05) is 0 Å². The maximum absolute atomic E-state index is 12.3. The first-order chi connectivity index (χ1) is 16.2. The molecular weight excluding hydrogens is 450 g/mol. The summed E-state index contributed by atoms with van der Waals surface area (Å²) in [6.07, 6.45) is -0.101. The van der Waals surface area contributed by atoms with E-state index < -0.39 is 41.9 Å². The average Bonchev–Trinajstić information content (AvgIpc) is 2.79. The highest BCUT2D eigenvalue weighted by Crippen LogP contribution is 2.25. The predicted octanol–water partition coefficient (Wildman–Crippen LogP) is -0.731. The minimum atomic E-state index is -1.33. The molecule has 8 N–H and O–H groups in total. The zero-order chi connectivity index (χ0) is 24.8. The van der Waals surface area contributed by atoms with Gasteiger partial charge in [0.15, 0.2) is 11.5 Å². The van der Waals surface area contributed by atoms with Crippen molar-refractivity contribution in [3.8, 4) is 0 Å². The number of carbonyl (C=O) groups excluding carboxylic acids is 2. The Morgan fingerprint density at radius 1 is 1.26 bits per heavy atom. The Kier molecular flexibility index (Phi) is 7.30. The molecule has 0 fully saturated rings. The number of hydrogen-bond acceptors (Lipinski definition) is 9. The molecule has 1 unspecified atom stereocenters. The zero-order valence-electron chi connectivity index (χ0n) is 17.8. The van der Waals surface area contributed by atoms with Crippen molar-refractivity contribution in [3.05, 3.63) is 40.2 Å². The Balaban J connectivity index is 1.62. The Morgan fingerprint density at radius 2 is 1.97 bits per heavy atom. The van der Waals surface area contributed by atoms with Crippen LogP contribution in [0, 0.1) is 0 Å². The standard InChI is InChI=1S/C20H23N7O7/c21-20-25-16-15(18(32)26-20)27(9-28)12(8-23-16)7-22-11-3-1-10(2-4-11)17(31)24-13(19(33)34)5-6-14(29)30/h1-4,9,12-13,22H,5-8H2,(H,24,31)(H,29,30)(H,33,34)(H4,21,23,25,26,32)/t12?,13-/m1/s1. The number of carboxylic acid groups (broad SMARTS) is 2. The number of anilines is 4. The van der Waals surface area contributed by atoms with Crippen LogP contribution in [0.15, 0.2) is 29.1 Å². The number of fused-ring (bicyclic) bond motifs is 1. The van der Waals surface area contributed by atoms with Crippen LogP contribution < -0.4 is 32.1 Å². The Hall–Kier alpha value is -4.62. The number of H-pyrrole nitrogens is 1. The van der Waals surface area contributed by atoms with Crippen molar-refractivity contribution in [2.24, 2.45) is 0 Å². The first-order valence-corrected chi connectivity index (χ1v) is 10.2. The van der Waals surface area contributed by atoms with E-state index >= 15 is 0 Å². The van der Waals surface area contributed by atoms with Crippen molar-refractivity contribution in [2.75, 3.05) is 34.4 Å². The van der Waals surface area contributed by atoms with Gasteiger partial charge in [-0.2, -0.15) is 4.98 Å². The maximum Gasteiger partial charge on any atom is 0.326 e. The van der Waals surface area contributed by atoms with E-state index in [2.05, 4.69) is 25.9 Å². The Morgan fingerprint density at radius 3 is 2.59 bits per heavy atom. The molecule has 1 aliphatic heterocycles. The van der Waals surface area contributed by atoms with Crippen molar-refractivity contribution < 1.29 is 29.4 Å². The van der Waals surface area contributed by atoms with E-state index in [0.717, 1.165) is 0 Å². The summed E-state index contributed by atoms with van der Waals surface area (Å²) in [6.45, 7) is 0.568. The molecule has 1 aromatic carbocycles. The van der Waals surface area contributed by atoms with Gasteiger partial charge in [0.05, 0.1) is 6.04 Å². The third-order valence-electron chi connectivity index (χ3n) is 5.12. The Bertz CT molecular complexity index is 1150. The highest BCUT2D eigenvalue weighted by Gasteiger charge is 2.29. The van der Waals surface area contributed by atoms with Gasteiger partial charge in [-0.15, -0.1) is 0 Å². The van der Waals surface area contributed by atoms with Crippen molar-refractivity contribution >= 4 is 47.4 Å². The number of aromatic nitrogens is 2. The van der Waals surface area contributed by atoms with Crippen LogP contribution in [0.3, 0.4) is 0 Å². The Labute approximate surface area is 192 Å². The van der Waals surface area contributed by atoms with Gasteiger partial charge in [-0.05, 0) is 30.7 Å². The molecule has 180 valence electrons. The average molecular weight is 473 g/mol. The minimum Gasteiger partial charge on any atom is -0.481 e. The molecule has 34 heavy (non-hydrogen) atoms. The molecule has 1 aromatic heterocycles. The first kappa shape index (κ1) is 24.0. The summed E-state index contributed by atoms with van der Waals surface area (Å²) in [5.41, 5.74) is 5.84. The van der Waals surface area contributed by atoms with E-state index in [1.807, 2.05) is 0 Å². The number of benzene rings is 1. The lowest BCUT2D eigenvalue weighted by molar-refractivity contribution is -0.140. The molecule has 14 nitrogen and oxygen atoms in total. The fraction of sp³-hybridized carbons (Fsp3) is 0.300. The van der Waals surface area contributed by atoms with E-state index in [-0.39, 0.29) is 36.0 Å². The number of hydrogen-bond donors (Lipinski definition) is 7. The molecule has 0 saturated heterocycles. The lowest BCUT2D eigenvalue weighted by Crippen LogP contribution is -2.50. The second kappa shape index (κ2) is 10.3. The van der Waals surface area contributed by atoms with Crippen molar-refractivity contribution in [1.29, 1.82) is 0 Å². The van der Waals surface area contributed by atoms with Gasteiger partial charge in [-0.3, -0.25) is 24.2 Å². The van der Waals surface area contributed by atoms with Crippen molar-refractivity contribution in [2.45, 2.75) is 24.9 Å². The number of aliphatic carboxylic acids is 2. The molecule has 0 bridgehead atoms. The number of carboxylic acids is 2. The number of nitrogens with one attached hydrogen (secondary N) is 4. The van der Waals surface area contributed by atoms with Gasteiger partial charge in [0.1, 0.15) is 6.04 Å². The van der Waals surface area contributed by atoms with E-state index in [1.54, 1.807) is 12.1 Å². The number of nitrogens with zero attached hydrogens (tertiary/aromatic N) is 2. The van der Waals surface area contributed by atoms with Gasteiger partial charge in [0.25, 0.3) is 11.5 Å². The number of aromatic amines is 1. The second-order valence-electron chi connectivity index (χ2n) is 7.45. The zero-order valence-corrected chi connectivity index (χ0v) is 17.8. The molecule has 2 aromatic rings. The number of nitrogens with two attached hydrogens (primary N) is 1. The molecule has 0 saturated carbocycles. The van der Waals surface area contributed by atoms with E-state index in [1.165, 1.54) is 17.0 Å². The normalized spacial score (nSPS) is 15.4. The summed E-state index contributed by atoms with van der Waals surface area (Å²) in [6, 6.07) is 4.36. The van der Waals surface area contributed by atoms with Crippen LogP contribution in [0.25, 0.3) is 0 Å². The molecular formula is C20H23N7O7. The molecule has 14 heteroatoms. The van der Waals surface area contributed by atoms with Gasteiger partial charge in [0, 0.05) is 30.8 Å². The summed E-state index contributed by atoms with van der Waals surface area (Å²) in [4.78, 5) is 65.7. The van der Waals surface area contributed by atoms with Crippen LogP contribution in [0.5, 0.6) is 0 Å². The molecule has 3 rings (SSSR count). The molecule has 2 atom stereocenters. The predicted molar refractivity (Wildman–Crippen MR) is 121 cm³/mol. The van der Waals surface area contributed by atoms with Gasteiger partial charge < -0.3 is 36.8 Å². The summed E-state index contributed by atoms with van der Waals surface area (Å²) in [5, 5.41) is 26.3. The summed E-state index contributed by atoms with van der Waals surface area (Å²) in [5.74, 6) is -3.00. The molecule has 0 aliphatic carbocycles. The third-order valence-corrected chi connectivity index (χ3v) is 5.12. The van der Waals surface area contributed by atoms with Crippen molar-refractivity contribution in [1.82, 2.24) is 15.3 Å². The topological polar surface area (TPSA) is 220 Å². The number of nitrogen functional groups attached to an aromatic ring is 1. The van der Waals surface area contributed by atoms with Gasteiger partial charge in [-0.25, -0.2) is 4.79 Å². The van der Waals surface area contributed by atoms with Gasteiger partial charge >= 0.3 is 11.9 Å². The lowest BCUT2D eigenvalue weighted by Gasteiger charge is -2.34. The molecule has 1 aliphatic rings. The van der Waals surface area contributed by atoms with Crippen LogP contribution in [0.1, 0.15) is 23.2 Å². The van der Waals surface area contributed by atoms with Crippen LogP contribution in [-0.4, -0.2) is 69.6 Å². The summed E-state index contributed by atoms with van der Waals surface area (Å²) >= 11 is 0. The SMILES string of the molecule is Nc1nc2c(c(=O)[nH]1)N(C=O)C(CNc1ccc(C(=O)N[C@H](CCC(=O)O)C(=O)O)cc1)CN2. The fourth-order valence-electron chi connectivity index (χ4n) is 3.39. The highest BCUT2D eigenvalue weighted by atomic mass is 16.4. The van der Waals surface area contributed by atoms with Crippen molar-refractivity contribution in [3.63, 3.8) is 0 Å². The minimum absolute atomic E-state index is 0.0603. The first-order valence-electron chi connectivity index (χ1n) is 10.2. The molecule has 2 amide bonds.